The Hall–Kier alpha value is -0.720. The summed E-state index contributed by atoms with van der Waals surface area (Å²) in [5, 5.41) is 6.09. The average molecular weight is 328 g/mol. The normalized spacial score (nSPS) is 24.3. The number of nitrogens with two attached hydrogens (primary N) is 1. The van der Waals surface area contributed by atoms with Crippen molar-refractivity contribution in [1.82, 2.24) is 10.1 Å². The van der Waals surface area contributed by atoms with Crippen LogP contribution in [0.25, 0.3) is 10.7 Å². The molecule has 2 aromatic rings. The number of thiophene rings is 1. The Bertz CT molecular complexity index is 531. The molecule has 1 aliphatic rings. The molecular formula is C12H14BrN3OS. The molecule has 0 aliphatic heterocycles. The molecule has 6 heteroatoms. The van der Waals surface area contributed by atoms with E-state index in [1.165, 1.54) is 0 Å². The van der Waals surface area contributed by atoms with Gasteiger partial charge in [0.1, 0.15) is 0 Å². The van der Waals surface area contributed by atoms with E-state index in [9.17, 15) is 0 Å². The smallest absolute Gasteiger partial charge is 0.230 e. The van der Waals surface area contributed by atoms with Crippen LogP contribution in [-0.2, 0) is 0 Å². The van der Waals surface area contributed by atoms with Gasteiger partial charge in [0.25, 0.3) is 0 Å². The molecule has 2 N–H and O–H groups in total. The van der Waals surface area contributed by atoms with E-state index in [1.54, 1.807) is 11.3 Å². The predicted octanol–water partition coefficient (Wildman–Crippen LogP) is 3.55. The zero-order valence-corrected chi connectivity index (χ0v) is 12.2. The van der Waals surface area contributed by atoms with E-state index < -0.39 is 0 Å². The second-order valence-electron chi connectivity index (χ2n) is 4.70. The van der Waals surface area contributed by atoms with E-state index in [2.05, 4.69) is 26.1 Å². The van der Waals surface area contributed by atoms with E-state index in [1.807, 2.05) is 11.4 Å². The molecule has 0 saturated heterocycles. The molecule has 0 radical (unpaired) electrons. The molecule has 96 valence electrons. The van der Waals surface area contributed by atoms with Crippen molar-refractivity contribution in [3.05, 3.63) is 21.8 Å². The van der Waals surface area contributed by atoms with Gasteiger partial charge in [-0.3, -0.25) is 0 Å². The fourth-order valence-electron chi connectivity index (χ4n) is 2.30. The van der Waals surface area contributed by atoms with Crippen LogP contribution in [0.3, 0.4) is 0 Å². The molecule has 0 spiro atoms. The van der Waals surface area contributed by atoms with Gasteiger partial charge in [-0.2, -0.15) is 4.98 Å². The summed E-state index contributed by atoms with van der Waals surface area (Å²) in [6.45, 7) is 0. The number of nitrogens with zero attached hydrogens (tertiary/aromatic N) is 2. The van der Waals surface area contributed by atoms with E-state index >= 15 is 0 Å². The lowest BCUT2D eigenvalue weighted by Gasteiger charge is -2.22. The van der Waals surface area contributed by atoms with Crippen molar-refractivity contribution in [2.75, 3.05) is 0 Å². The first-order chi connectivity index (χ1) is 8.72. The largest absolute Gasteiger partial charge is 0.339 e. The van der Waals surface area contributed by atoms with E-state index in [0.29, 0.717) is 17.8 Å². The first kappa shape index (κ1) is 12.3. The maximum atomic E-state index is 5.90. The second kappa shape index (κ2) is 5.11. The minimum atomic E-state index is 0.344. The lowest BCUT2D eigenvalue weighted by Crippen LogP contribution is -2.25. The van der Waals surface area contributed by atoms with E-state index in [-0.39, 0.29) is 0 Å². The number of halogens is 1. The molecule has 0 atom stereocenters. The summed E-state index contributed by atoms with van der Waals surface area (Å²) in [5.41, 5.74) is 5.90. The lowest BCUT2D eigenvalue weighted by molar-refractivity contribution is 0.301. The van der Waals surface area contributed by atoms with Crippen molar-refractivity contribution >= 4 is 27.3 Å². The van der Waals surface area contributed by atoms with Crippen LogP contribution in [0.4, 0.5) is 0 Å². The van der Waals surface area contributed by atoms with Gasteiger partial charge in [-0.15, -0.1) is 11.3 Å². The Kier molecular flexibility index (Phi) is 3.50. The topological polar surface area (TPSA) is 64.9 Å². The fourth-order valence-corrected chi connectivity index (χ4v) is 3.65. The van der Waals surface area contributed by atoms with Crippen LogP contribution < -0.4 is 5.73 Å². The zero-order chi connectivity index (χ0) is 12.5. The molecular weight excluding hydrogens is 314 g/mol. The summed E-state index contributed by atoms with van der Waals surface area (Å²) < 4.78 is 6.45. The molecule has 0 unspecified atom stereocenters. The Labute approximate surface area is 118 Å². The summed E-state index contributed by atoms with van der Waals surface area (Å²) >= 11 is 5.04. The highest BCUT2D eigenvalue weighted by atomic mass is 79.9. The summed E-state index contributed by atoms with van der Waals surface area (Å²) in [5.74, 6) is 1.84. The Morgan fingerprint density at radius 2 is 2.11 bits per heavy atom. The van der Waals surface area contributed by atoms with Crippen LogP contribution in [0.1, 0.15) is 37.5 Å². The number of aromatic nitrogens is 2. The van der Waals surface area contributed by atoms with Gasteiger partial charge in [-0.1, -0.05) is 5.16 Å². The minimum absolute atomic E-state index is 0.344. The van der Waals surface area contributed by atoms with Gasteiger partial charge in [-0.05, 0) is 47.7 Å². The van der Waals surface area contributed by atoms with Gasteiger partial charge in [0.2, 0.25) is 11.7 Å². The van der Waals surface area contributed by atoms with Crippen molar-refractivity contribution in [3.8, 4) is 10.7 Å². The molecule has 2 heterocycles. The molecule has 0 amide bonds. The SMILES string of the molecule is NC1CCC(c2nc(-c3cc(Br)cs3)no2)CC1. The molecule has 4 nitrogen and oxygen atoms in total. The maximum absolute atomic E-state index is 5.90. The van der Waals surface area contributed by atoms with Crippen LogP contribution in [-0.4, -0.2) is 16.2 Å². The van der Waals surface area contributed by atoms with Crippen molar-refractivity contribution in [1.29, 1.82) is 0 Å². The predicted molar refractivity (Wildman–Crippen MR) is 74.5 cm³/mol. The molecule has 1 fully saturated rings. The molecule has 2 aromatic heterocycles. The Morgan fingerprint density at radius 3 is 2.78 bits per heavy atom. The molecule has 3 rings (SSSR count). The second-order valence-corrected chi connectivity index (χ2v) is 6.52. The highest BCUT2D eigenvalue weighted by molar-refractivity contribution is 9.10. The van der Waals surface area contributed by atoms with Crippen LogP contribution >= 0.6 is 27.3 Å². The van der Waals surface area contributed by atoms with Gasteiger partial charge in [0.15, 0.2) is 0 Å². The zero-order valence-electron chi connectivity index (χ0n) is 9.80. The molecule has 1 aliphatic carbocycles. The molecule has 18 heavy (non-hydrogen) atoms. The third kappa shape index (κ3) is 2.50. The van der Waals surface area contributed by atoms with Crippen LogP contribution in [0.5, 0.6) is 0 Å². The summed E-state index contributed by atoms with van der Waals surface area (Å²) in [6.07, 6.45) is 4.20. The minimum Gasteiger partial charge on any atom is -0.339 e. The maximum Gasteiger partial charge on any atom is 0.230 e. The van der Waals surface area contributed by atoms with Crippen molar-refractivity contribution in [3.63, 3.8) is 0 Å². The van der Waals surface area contributed by atoms with E-state index in [4.69, 9.17) is 10.3 Å². The Balaban J connectivity index is 1.77. The first-order valence-corrected chi connectivity index (χ1v) is 7.73. The lowest BCUT2D eigenvalue weighted by atomic mass is 9.86. The van der Waals surface area contributed by atoms with Crippen molar-refractivity contribution in [2.24, 2.45) is 5.73 Å². The third-order valence-electron chi connectivity index (χ3n) is 3.35. The monoisotopic (exact) mass is 327 g/mol. The average Bonchev–Trinajstić information content (AvgIpc) is 2.98. The van der Waals surface area contributed by atoms with Gasteiger partial charge >= 0.3 is 0 Å². The van der Waals surface area contributed by atoms with Gasteiger partial charge in [-0.25, -0.2) is 0 Å². The molecule has 0 bridgehead atoms. The highest BCUT2D eigenvalue weighted by Crippen LogP contribution is 2.33. The quantitative estimate of drug-likeness (QED) is 0.916. The van der Waals surface area contributed by atoms with Gasteiger partial charge in [0, 0.05) is 21.8 Å². The fraction of sp³-hybridized carbons (Fsp3) is 0.500. The van der Waals surface area contributed by atoms with E-state index in [0.717, 1.165) is 40.9 Å². The van der Waals surface area contributed by atoms with Crippen LogP contribution in [0, 0.1) is 0 Å². The summed E-state index contributed by atoms with van der Waals surface area (Å²) in [4.78, 5) is 5.55. The van der Waals surface area contributed by atoms with Gasteiger partial charge < -0.3 is 10.3 Å². The van der Waals surface area contributed by atoms with Crippen LogP contribution in [0.2, 0.25) is 0 Å². The number of hydrogen-bond acceptors (Lipinski definition) is 5. The molecule has 1 saturated carbocycles. The summed E-state index contributed by atoms with van der Waals surface area (Å²) in [7, 11) is 0. The van der Waals surface area contributed by atoms with Crippen molar-refractivity contribution in [2.45, 2.75) is 37.6 Å². The molecule has 0 aromatic carbocycles. The number of hydrogen-bond donors (Lipinski definition) is 1. The van der Waals surface area contributed by atoms with Crippen molar-refractivity contribution < 1.29 is 4.52 Å². The highest BCUT2D eigenvalue weighted by Gasteiger charge is 2.25. The summed E-state index contributed by atoms with van der Waals surface area (Å²) in [6, 6.07) is 2.35. The first-order valence-electron chi connectivity index (χ1n) is 6.06. The number of rotatable bonds is 2. The Morgan fingerprint density at radius 1 is 1.33 bits per heavy atom. The standard InChI is InChI=1S/C12H14BrN3OS/c13-8-5-10(18-6-8)11-15-12(17-16-11)7-1-3-9(14)4-2-7/h5-7,9H,1-4,14H2. The van der Waals surface area contributed by atoms with Gasteiger partial charge in [0.05, 0.1) is 4.88 Å². The third-order valence-corrected chi connectivity index (χ3v) is 5.04. The van der Waals surface area contributed by atoms with Crippen LogP contribution in [0.15, 0.2) is 20.4 Å².